The molecule has 0 radical (unpaired) electrons. The summed E-state index contributed by atoms with van der Waals surface area (Å²) in [5.41, 5.74) is 0.295. The van der Waals surface area contributed by atoms with Crippen LogP contribution >= 0.6 is 22.6 Å². The number of phenols is 1. The van der Waals surface area contributed by atoms with Crippen molar-refractivity contribution in [3.63, 3.8) is 0 Å². The number of phenolic OH excluding ortho intramolecular Hbond substituents is 1. The Balaban J connectivity index is 2.83. The summed E-state index contributed by atoms with van der Waals surface area (Å²) in [7, 11) is 1.60. The number of ether oxygens (including phenoxy) is 1. The zero-order chi connectivity index (χ0) is 13.7. The lowest BCUT2D eigenvalue weighted by atomic mass is 10.0. The largest absolute Gasteiger partial charge is 0.507 e. The maximum Gasteiger partial charge on any atom is 0.255 e. The first-order chi connectivity index (χ1) is 8.45. The minimum absolute atomic E-state index is 0.00663. The molecule has 1 aromatic carbocycles. The van der Waals surface area contributed by atoms with E-state index >= 15 is 0 Å². The molecule has 0 saturated carbocycles. The second kappa shape index (κ2) is 6.94. The fourth-order valence-electron chi connectivity index (χ4n) is 1.52. The van der Waals surface area contributed by atoms with Crippen LogP contribution in [0.4, 0.5) is 0 Å². The van der Waals surface area contributed by atoms with Crippen LogP contribution in [0.3, 0.4) is 0 Å². The lowest BCUT2D eigenvalue weighted by molar-refractivity contribution is 0.0864. The molecule has 0 bridgehead atoms. The van der Waals surface area contributed by atoms with Crippen molar-refractivity contribution in [2.24, 2.45) is 5.92 Å². The Morgan fingerprint density at radius 3 is 2.72 bits per heavy atom. The molecule has 4 nitrogen and oxygen atoms in total. The monoisotopic (exact) mass is 363 g/mol. The molecule has 5 heteroatoms. The van der Waals surface area contributed by atoms with Gasteiger partial charge in [-0.15, -0.1) is 0 Å². The molecule has 0 aromatic heterocycles. The summed E-state index contributed by atoms with van der Waals surface area (Å²) in [6, 6.07) is 4.87. The highest BCUT2D eigenvalue weighted by atomic mass is 127. The third kappa shape index (κ3) is 4.13. The number of nitrogens with one attached hydrogen (secondary N) is 1. The van der Waals surface area contributed by atoms with E-state index in [1.807, 2.05) is 13.8 Å². The quantitative estimate of drug-likeness (QED) is 0.790. The van der Waals surface area contributed by atoms with Crippen LogP contribution in [0.25, 0.3) is 0 Å². The van der Waals surface area contributed by atoms with Gasteiger partial charge >= 0.3 is 0 Å². The summed E-state index contributed by atoms with van der Waals surface area (Å²) < 4.78 is 5.98. The van der Waals surface area contributed by atoms with Gasteiger partial charge in [0.2, 0.25) is 0 Å². The first-order valence-corrected chi connectivity index (χ1v) is 6.82. The average Bonchev–Trinajstić information content (AvgIpc) is 2.31. The highest BCUT2D eigenvalue weighted by molar-refractivity contribution is 14.1. The lowest BCUT2D eigenvalue weighted by Gasteiger charge is -2.21. The Hall–Kier alpha value is -0.820. The molecule has 0 spiro atoms. The molecule has 1 atom stereocenters. The summed E-state index contributed by atoms with van der Waals surface area (Å²) in [6.07, 6.45) is 0. The molecule has 1 rings (SSSR count). The maximum absolute atomic E-state index is 12.1. The zero-order valence-corrected chi connectivity index (χ0v) is 12.9. The predicted molar refractivity (Wildman–Crippen MR) is 78.8 cm³/mol. The van der Waals surface area contributed by atoms with E-state index in [0.29, 0.717) is 12.2 Å². The van der Waals surface area contributed by atoms with Gasteiger partial charge in [-0.25, -0.2) is 0 Å². The molecule has 0 aliphatic rings. The Bertz CT molecular complexity index is 421. The average molecular weight is 363 g/mol. The number of carbonyl (C=O) groups excluding carboxylic acids is 1. The van der Waals surface area contributed by atoms with Crippen LogP contribution in [-0.4, -0.2) is 30.8 Å². The number of amides is 1. The second-order valence-electron chi connectivity index (χ2n) is 4.44. The highest BCUT2D eigenvalue weighted by Crippen LogP contribution is 2.20. The van der Waals surface area contributed by atoms with Crippen molar-refractivity contribution in [1.29, 1.82) is 0 Å². The molecule has 0 heterocycles. The SMILES string of the molecule is COCC(NC(=O)c1cc(I)ccc1O)C(C)C. The van der Waals surface area contributed by atoms with E-state index in [4.69, 9.17) is 4.74 Å². The molecular weight excluding hydrogens is 345 g/mol. The molecule has 0 aliphatic carbocycles. The Morgan fingerprint density at radius 2 is 2.17 bits per heavy atom. The fraction of sp³-hybridized carbons (Fsp3) is 0.462. The molecule has 0 fully saturated rings. The number of aromatic hydroxyl groups is 1. The van der Waals surface area contributed by atoms with Crippen LogP contribution in [-0.2, 0) is 4.74 Å². The molecule has 100 valence electrons. The van der Waals surface area contributed by atoms with Crippen LogP contribution in [0.1, 0.15) is 24.2 Å². The second-order valence-corrected chi connectivity index (χ2v) is 5.69. The maximum atomic E-state index is 12.1. The van der Waals surface area contributed by atoms with Crippen molar-refractivity contribution in [3.05, 3.63) is 27.3 Å². The minimum atomic E-state index is -0.276. The van der Waals surface area contributed by atoms with E-state index in [1.54, 1.807) is 19.2 Å². The lowest BCUT2D eigenvalue weighted by Crippen LogP contribution is -2.41. The van der Waals surface area contributed by atoms with E-state index in [9.17, 15) is 9.90 Å². The van der Waals surface area contributed by atoms with Crippen molar-refractivity contribution in [3.8, 4) is 5.75 Å². The van der Waals surface area contributed by atoms with Gasteiger partial charge in [0, 0.05) is 10.7 Å². The van der Waals surface area contributed by atoms with Gasteiger partial charge in [0.1, 0.15) is 5.75 Å². The number of carbonyl (C=O) groups is 1. The summed E-state index contributed by atoms with van der Waals surface area (Å²) in [5, 5.41) is 12.6. The topological polar surface area (TPSA) is 58.6 Å². The van der Waals surface area contributed by atoms with E-state index in [0.717, 1.165) is 3.57 Å². The van der Waals surface area contributed by atoms with Crippen molar-refractivity contribution < 1.29 is 14.6 Å². The van der Waals surface area contributed by atoms with E-state index in [-0.39, 0.29) is 23.6 Å². The third-order valence-electron chi connectivity index (χ3n) is 2.67. The first-order valence-electron chi connectivity index (χ1n) is 5.74. The van der Waals surface area contributed by atoms with Crippen LogP contribution in [0.15, 0.2) is 18.2 Å². The number of halogens is 1. The summed E-state index contributed by atoms with van der Waals surface area (Å²) in [4.78, 5) is 12.1. The van der Waals surface area contributed by atoms with Gasteiger partial charge in [-0.05, 0) is 46.7 Å². The van der Waals surface area contributed by atoms with Crippen molar-refractivity contribution >= 4 is 28.5 Å². The number of rotatable bonds is 5. The van der Waals surface area contributed by atoms with E-state index < -0.39 is 0 Å². The highest BCUT2D eigenvalue weighted by Gasteiger charge is 2.19. The van der Waals surface area contributed by atoms with Gasteiger partial charge in [0.15, 0.2) is 0 Å². The Morgan fingerprint density at radius 1 is 1.50 bits per heavy atom. The molecule has 1 unspecified atom stereocenters. The van der Waals surface area contributed by atoms with Gasteiger partial charge in [0.05, 0.1) is 18.2 Å². The molecule has 1 amide bonds. The molecule has 1 aromatic rings. The normalized spacial score (nSPS) is 12.5. The number of benzene rings is 1. The van der Waals surface area contributed by atoms with E-state index in [1.165, 1.54) is 6.07 Å². The summed E-state index contributed by atoms with van der Waals surface area (Å²) in [6.45, 7) is 4.48. The van der Waals surface area contributed by atoms with Crippen LogP contribution < -0.4 is 5.32 Å². The molecule has 2 N–H and O–H groups in total. The zero-order valence-electron chi connectivity index (χ0n) is 10.7. The standard InChI is InChI=1S/C13H18INO3/c1-8(2)11(7-18-3)15-13(17)10-6-9(14)4-5-12(10)16/h4-6,8,11,16H,7H2,1-3H3,(H,15,17). The van der Waals surface area contributed by atoms with Gasteiger partial charge in [-0.2, -0.15) is 0 Å². The first kappa shape index (κ1) is 15.2. The Kier molecular flexibility index (Phi) is 5.87. The van der Waals surface area contributed by atoms with Crippen LogP contribution in [0.5, 0.6) is 5.75 Å². The fourth-order valence-corrected chi connectivity index (χ4v) is 2.01. The third-order valence-corrected chi connectivity index (χ3v) is 3.34. The van der Waals surface area contributed by atoms with Crippen LogP contribution in [0.2, 0.25) is 0 Å². The predicted octanol–water partition coefficient (Wildman–Crippen LogP) is 2.40. The Labute approximate surface area is 121 Å². The van der Waals surface area contributed by atoms with E-state index in [2.05, 4.69) is 27.9 Å². The van der Waals surface area contributed by atoms with Crippen molar-refractivity contribution in [2.45, 2.75) is 19.9 Å². The van der Waals surface area contributed by atoms with Crippen LogP contribution in [0, 0.1) is 9.49 Å². The van der Waals surface area contributed by atoms with Gasteiger partial charge in [0.25, 0.3) is 5.91 Å². The summed E-state index contributed by atoms with van der Waals surface area (Å²) >= 11 is 2.10. The molecule has 0 saturated heterocycles. The van der Waals surface area contributed by atoms with Gasteiger partial charge in [-0.3, -0.25) is 4.79 Å². The smallest absolute Gasteiger partial charge is 0.255 e. The van der Waals surface area contributed by atoms with Crippen molar-refractivity contribution in [2.75, 3.05) is 13.7 Å². The van der Waals surface area contributed by atoms with Gasteiger partial charge in [-0.1, -0.05) is 13.8 Å². The van der Waals surface area contributed by atoms with Gasteiger partial charge < -0.3 is 15.2 Å². The number of methoxy groups -OCH3 is 1. The van der Waals surface area contributed by atoms with Crippen molar-refractivity contribution in [1.82, 2.24) is 5.32 Å². The number of hydrogen-bond donors (Lipinski definition) is 2. The molecule has 18 heavy (non-hydrogen) atoms. The number of hydrogen-bond acceptors (Lipinski definition) is 3. The molecule has 0 aliphatic heterocycles. The minimum Gasteiger partial charge on any atom is -0.507 e. The summed E-state index contributed by atoms with van der Waals surface area (Å²) in [5.74, 6) is -0.0200. The molecular formula is C13H18INO3.